The van der Waals surface area contributed by atoms with Gasteiger partial charge in [0.25, 0.3) is 0 Å². The van der Waals surface area contributed by atoms with Crippen molar-refractivity contribution >= 4 is 21.4 Å². The summed E-state index contributed by atoms with van der Waals surface area (Å²) >= 11 is -2.15. The van der Waals surface area contributed by atoms with Gasteiger partial charge >= 0.3 is 125 Å². The van der Waals surface area contributed by atoms with Crippen LogP contribution in [0, 0.1) is 0 Å². The fraction of sp³-hybridized carbons (Fsp3) is 0.333. The molecule has 3 rings (SSSR count). The summed E-state index contributed by atoms with van der Waals surface area (Å²) in [6.45, 7) is 7.35. The zero-order valence-electron chi connectivity index (χ0n) is 12.0. The van der Waals surface area contributed by atoms with Crippen LogP contribution < -0.4 is 0 Å². The molecule has 0 nitrogen and oxygen atoms in total. The maximum absolute atomic E-state index is 2.45. The summed E-state index contributed by atoms with van der Waals surface area (Å²) in [5, 5.41) is 0. The molecule has 1 heteroatoms. The third kappa shape index (κ3) is 2.07. The van der Waals surface area contributed by atoms with E-state index in [1.54, 1.807) is 0 Å². The average molecular weight is 352 g/mol. The fourth-order valence-electron chi connectivity index (χ4n) is 4.33. The minimum absolute atomic E-state index is 0.309. The summed E-state index contributed by atoms with van der Waals surface area (Å²) in [5.74, 6) is 0. The second-order valence-electron chi connectivity index (χ2n) is 6.69. The van der Waals surface area contributed by atoms with Gasteiger partial charge in [0.15, 0.2) is 0 Å². The Morgan fingerprint density at radius 2 is 0.684 bits per heavy atom. The van der Waals surface area contributed by atoms with E-state index in [-0.39, 0.29) is 0 Å². The Kier molecular flexibility index (Phi) is 3.09. The molecular weight excluding hydrogens is 331 g/mol. The SMILES string of the molecule is C[C]1([In-2]([C]2(C)C=CC=C2)[C]2(C)C=CC=C2)C=CC=C1. The van der Waals surface area contributed by atoms with E-state index in [2.05, 4.69) is 93.7 Å². The zero-order chi connectivity index (χ0) is 13.6. The third-order valence-corrected chi connectivity index (χ3v) is 18.9. The van der Waals surface area contributed by atoms with Crippen molar-refractivity contribution in [3.63, 3.8) is 0 Å². The Hall–Kier alpha value is -0.690. The Labute approximate surface area is 124 Å². The second-order valence-corrected chi connectivity index (χ2v) is 19.8. The van der Waals surface area contributed by atoms with Gasteiger partial charge in [-0.1, -0.05) is 0 Å². The second kappa shape index (κ2) is 4.41. The predicted octanol–water partition coefficient (Wildman–Crippen LogP) is 5.14. The molecule has 19 heavy (non-hydrogen) atoms. The van der Waals surface area contributed by atoms with E-state index in [0.29, 0.717) is 9.51 Å². The molecule has 0 aliphatic heterocycles. The van der Waals surface area contributed by atoms with Gasteiger partial charge in [0.05, 0.1) is 0 Å². The van der Waals surface area contributed by atoms with Crippen LogP contribution in [0.5, 0.6) is 0 Å². The molecule has 0 aromatic rings. The number of hydrogen-bond acceptors (Lipinski definition) is 0. The molecular formula is C18H21In-2. The first-order chi connectivity index (χ1) is 8.99. The van der Waals surface area contributed by atoms with Crippen molar-refractivity contribution in [1.29, 1.82) is 0 Å². The van der Waals surface area contributed by atoms with Crippen LogP contribution in [0.1, 0.15) is 20.8 Å². The normalized spacial score (nSPS) is 27.2. The Balaban J connectivity index is 2.12. The molecule has 0 saturated heterocycles. The average Bonchev–Trinajstić information content (AvgIpc) is 3.03. The summed E-state index contributed by atoms with van der Waals surface area (Å²) in [5.41, 5.74) is 0. The van der Waals surface area contributed by atoms with Crippen molar-refractivity contribution in [2.45, 2.75) is 30.3 Å². The van der Waals surface area contributed by atoms with E-state index in [9.17, 15) is 0 Å². The molecule has 0 unspecified atom stereocenters. The molecule has 0 saturated carbocycles. The van der Waals surface area contributed by atoms with E-state index in [0.717, 1.165) is 0 Å². The van der Waals surface area contributed by atoms with Crippen molar-refractivity contribution in [2.24, 2.45) is 0 Å². The van der Waals surface area contributed by atoms with Gasteiger partial charge in [0, 0.05) is 0 Å². The third-order valence-electron chi connectivity index (χ3n) is 4.93. The predicted molar refractivity (Wildman–Crippen MR) is 85.7 cm³/mol. The van der Waals surface area contributed by atoms with Crippen molar-refractivity contribution in [1.82, 2.24) is 0 Å². The van der Waals surface area contributed by atoms with Crippen molar-refractivity contribution in [3.05, 3.63) is 72.9 Å². The topological polar surface area (TPSA) is 0 Å². The van der Waals surface area contributed by atoms with Crippen molar-refractivity contribution < 1.29 is 0 Å². The van der Waals surface area contributed by atoms with Crippen LogP contribution in [0.3, 0.4) is 0 Å². The summed E-state index contributed by atoms with van der Waals surface area (Å²) in [7, 11) is 0. The van der Waals surface area contributed by atoms with Gasteiger partial charge < -0.3 is 0 Å². The summed E-state index contributed by atoms with van der Waals surface area (Å²) in [4.78, 5) is 0. The van der Waals surface area contributed by atoms with Gasteiger partial charge in [0.2, 0.25) is 0 Å². The van der Waals surface area contributed by atoms with E-state index >= 15 is 0 Å². The number of hydrogen-bond donors (Lipinski definition) is 0. The van der Waals surface area contributed by atoms with Gasteiger partial charge in [-0.25, -0.2) is 0 Å². The van der Waals surface area contributed by atoms with Crippen LogP contribution in [0.15, 0.2) is 72.9 Å². The number of rotatable bonds is 3. The molecule has 0 spiro atoms. The molecule has 0 radical (unpaired) electrons. The Bertz CT molecular complexity index is 437. The molecule has 0 bridgehead atoms. The van der Waals surface area contributed by atoms with Gasteiger partial charge in [-0.15, -0.1) is 0 Å². The first-order valence-corrected chi connectivity index (χ1v) is 12.0. The zero-order valence-corrected chi connectivity index (χ0v) is 15.3. The van der Waals surface area contributed by atoms with E-state index in [4.69, 9.17) is 0 Å². The molecule has 98 valence electrons. The first kappa shape index (κ1) is 13.3. The van der Waals surface area contributed by atoms with Crippen LogP contribution >= 0.6 is 0 Å². The maximum atomic E-state index is 2.45. The molecule has 3 aliphatic rings. The van der Waals surface area contributed by atoms with Crippen LogP contribution in [-0.4, -0.2) is 21.4 Å². The molecule has 0 heterocycles. The molecule has 3 aliphatic carbocycles. The Morgan fingerprint density at radius 3 is 0.895 bits per heavy atom. The van der Waals surface area contributed by atoms with E-state index < -0.39 is 21.4 Å². The number of allylic oxidation sites excluding steroid dienone is 12. The van der Waals surface area contributed by atoms with Gasteiger partial charge in [-0.2, -0.15) is 0 Å². The molecule has 0 aromatic carbocycles. The van der Waals surface area contributed by atoms with Crippen molar-refractivity contribution in [2.75, 3.05) is 0 Å². The summed E-state index contributed by atoms with van der Waals surface area (Å²) < 4.78 is 0.926. The first-order valence-electron chi connectivity index (χ1n) is 7.10. The van der Waals surface area contributed by atoms with Crippen LogP contribution in [-0.2, 0) is 0 Å². The monoisotopic (exact) mass is 352 g/mol. The van der Waals surface area contributed by atoms with E-state index in [1.165, 1.54) is 0 Å². The van der Waals surface area contributed by atoms with Crippen LogP contribution in [0.2, 0.25) is 9.51 Å². The summed E-state index contributed by atoms with van der Waals surface area (Å²) in [6, 6.07) is 0. The Morgan fingerprint density at radius 1 is 0.474 bits per heavy atom. The van der Waals surface area contributed by atoms with Gasteiger partial charge in [-0.05, 0) is 0 Å². The quantitative estimate of drug-likeness (QED) is 0.660. The molecule has 0 N–H and O–H groups in total. The van der Waals surface area contributed by atoms with Crippen LogP contribution in [0.4, 0.5) is 0 Å². The van der Waals surface area contributed by atoms with Gasteiger partial charge in [0.1, 0.15) is 0 Å². The van der Waals surface area contributed by atoms with E-state index in [1.807, 2.05) is 0 Å². The van der Waals surface area contributed by atoms with Crippen molar-refractivity contribution in [3.8, 4) is 0 Å². The van der Waals surface area contributed by atoms with Gasteiger partial charge in [-0.3, -0.25) is 0 Å². The summed E-state index contributed by atoms with van der Waals surface area (Å²) in [6.07, 6.45) is 28.1. The fourth-order valence-corrected chi connectivity index (χ4v) is 21.0. The molecule has 0 amide bonds. The standard InChI is InChI=1S/3C6H7.In/c3*1-6-4-2-3-5-6;/h3*2-5H,1H3;/q;;;-2. The van der Waals surface area contributed by atoms with Crippen LogP contribution in [0.25, 0.3) is 0 Å². The molecule has 0 atom stereocenters. The molecule has 0 fully saturated rings. The molecule has 0 aromatic heterocycles. The minimum atomic E-state index is -2.15.